The van der Waals surface area contributed by atoms with Crippen LogP contribution in [0, 0.1) is 6.92 Å². The van der Waals surface area contributed by atoms with E-state index < -0.39 is 0 Å². The van der Waals surface area contributed by atoms with Gasteiger partial charge in [-0.05, 0) is 19.8 Å². The summed E-state index contributed by atoms with van der Waals surface area (Å²) in [5.74, 6) is 0.126. The maximum atomic E-state index is 12.4. The van der Waals surface area contributed by atoms with Gasteiger partial charge < -0.3 is 20.3 Å². The first-order chi connectivity index (χ1) is 10.2. The summed E-state index contributed by atoms with van der Waals surface area (Å²) in [6.45, 7) is 5.72. The molecule has 6 nitrogen and oxygen atoms in total. The summed E-state index contributed by atoms with van der Waals surface area (Å²) in [5.41, 5.74) is 5.60. The molecule has 0 bridgehead atoms. The molecule has 3 heterocycles. The molecule has 2 aliphatic rings. The van der Waals surface area contributed by atoms with Crippen LogP contribution in [0.2, 0.25) is 0 Å². The summed E-state index contributed by atoms with van der Waals surface area (Å²) in [6.07, 6.45) is 3.36. The van der Waals surface area contributed by atoms with Crippen LogP contribution in [0.25, 0.3) is 0 Å². The summed E-state index contributed by atoms with van der Waals surface area (Å²) < 4.78 is 5.70. The van der Waals surface area contributed by atoms with Crippen LogP contribution in [0.4, 0.5) is 5.13 Å². The van der Waals surface area contributed by atoms with Crippen LogP contribution in [0.5, 0.6) is 0 Å². The van der Waals surface area contributed by atoms with Crippen LogP contribution in [-0.2, 0) is 9.53 Å². The Balaban J connectivity index is 0.00000132. The molecule has 2 aliphatic heterocycles. The summed E-state index contributed by atoms with van der Waals surface area (Å²) in [6, 6.07) is 0. The zero-order chi connectivity index (χ0) is 14.8. The van der Waals surface area contributed by atoms with Crippen molar-refractivity contribution in [1.82, 2.24) is 9.88 Å². The van der Waals surface area contributed by atoms with Gasteiger partial charge in [0.15, 0.2) is 5.13 Å². The first kappa shape index (κ1) is 20.4. The van der Waals surface area contributed by atoms with E-state index in [4.69, 9.17) is 10.5 Å². The molecule has 23 heavy (non-hydrogen) atoms. The lowest BCUT2D eigenvalue weighted by Crippen LogP contribution is -2.51. The Bertz CT molecular complexity index is 509. The minimum Gasteiger partial charge on any atom is -0.364 e. The Morgan fingerprint density at radius 2 is 2.04 bits per heavy atom. The Morgan fingerprint density at radius 3 is 2.57 bits per heavy atom. The van der Waals surface area contributed by atoms with Gasteiger partial charge in [-0.25, -0.2) is 4.98 Å². The lowest BCUT2D eigenvalue weighted by atomic mass is 10.1. The monoisotopic (exact) mass is 382 g/mol. The minimum absolute atomic E-state index is 0. The van der Waals surface area contributed by atoms with Gasteiger partial charge in [0.2, 0.25) is 0 Å². The molecule has 9 heteroatoms. The van der Waals surface area contributed by atoms with Crippen molar-refractivity contribution < 1.29 is 9.53 Å². The zero-order valence-corrected chi connectivity index (χ0v) is 15.6. The molecule has 2 atom stereocenters. The Labute approximate surface area is 153 Å². The number of rotatable bonds is 3. The summed E-state index contributed by atoms with van der Waals surface area (Å²) >= 11 is 1.71. The van der Waals surface area contributed by atoms with Crippen molar-refractivity contribution >= 4 is 47.2 Å². The average molecular weight is 383 g/mol. The third kappa shape index (κ3) is 4.70. The van der Waals surface area contributed by atoms with Crippen molar-refractivity contribution in [2.24, 2.45) is 5.73 Å². The lowest BCUT2D eigenvalue weighted by Gasteiger charge is -2.35. The fraction of sp³-hybridized carbons (Fsp3) is 0.714. The van der Waals surface area contributed by atoms with Gasteiger partial charge in [-0.1, -0.05) is 0 Å². The third-order valence-electron chi connectivity index (χ3n) is 4.12. The molecule has 2 N–H and O–H groups in total. The van der Waals surface area contributed by atoms with Crippen LogP contribution in [0.15, 0.2) is 6.20 Å². The van der Waals surface area contributed by atoms with Crippen molar-refractivity contribution in [1.29, 1.82) is 0 Å². The van der Waals surface area contributed by atoms with Crippen LogP contribution >= 0.6 is 36.2 Å². The zero-order valence-electron chi connectivity index (χ0n) is 13.1. The van der Waals surface area contributed by atoms with Gasteiger partial charge in [-0.3, -0.25) is 4.79 Å². The number of anilines is 1. The highest BCUT2D eigenvalue weighted by atomic mass is 35.5. The summed E-state index contributed by atoms with van der Waals surface area (Å²) in [7, 11) is 0. The van der Waals surface area contributed by atoms with E-state index >= 15 is 0 Å². The number of ether oxygens (including phenoxy) is 1. The van der Waals surface area contributed by atoms with Gasteiger partial charge in [0, 0.05) is 43.8 Å². The Hall–Kier alpha value is -0.600. The van der Waals surface area contributed by atoms with Gasteiger partial charge in [0.05, 0.1) is 6.10 Å². The topological polar surface area (TPSA) is 71.7 Å². The van der Waals surface area contributed by atoms with E-state index in [1.54, 1.807) is 11.3 Å². The number of nitrogens with two attached hydrogens (primary N) is 1. The van der Waals surface area contributed by atoms with E-state index in [1.807, 2.05) is 11.1 Å². The highest BCUT2D eigenvalue weighted by Crippen LogP contribution is 2.24. The molecule has 1 amide bonds. The molecular weight excluding hydrogens is 359 g/mol. The van der Waals surface area contributed by atoms with E-state index in [0.29, 0.717) is 6.54 Å². The van der Waals surface area contributed by atoms with E-state index in [0.717, 1.165) is 44.2 Å². The second-order valence-corrected chi connectivity index (χ2v) is 6.84. The molecular formula is C14H24Cl2N4O2S. The molecule has 132 valence electrons. The number of carbonyl (C=O) groups excluding carboxylic acids is 1. The summed E-state index contributed by atoms with van der Waals surface area (Å²) in [4.78, 5) is 22.2. The number of aromatic nitrogens is 1. The van der Waals surface area contributed by atoms with Crippen LogP contribution in [-0.4, -0.2) is 60.7 Å². The van der Waals surface area contributed by atoms with E-state index in [1.165, 1.54) is 4.88 Å². The number of piperazine rings is 1. The fourth-order valence-corrected chi connectivity index (χ4v) is 3.68. The molecule has 1 aromatic rings. The first-order valence-electron chi connectivity index (χ1n) is 7.49. The van der Waals surface area contributed by atoms with E-state index in [9.17, 15) is 4.79 Å². The highest BCUT2D eigenvalue weighted by molar-refractivity contribution is 7.15. The molecule has 2 saturated heterocycles. The molecule has 1 aromatic heterocycles. The third-order valence-corrected chi connectivity index (χ3v) is 5.09. The van der Waals surface area contributed by atoms with E-state index in [-0.39, 0.29) is 42.9 Å². The number of hydrogen-bond acceptors (Lipinski definition) is 6. The van der Waals surface area contributed by atoms with Gasteiger partial charge >= 0.3 is 0 Å². The van der Waals surface area contributed by atoms with Crippen molar-refractivity contribution in [2.45, 2.75) is 32.0 Å². The smallest absolute Gasteiger partial charge is 0.251 e. The number of nitrogens with zero attached hydrogens (tertiary/aromatic N) is 3. The molecule has 0 saturated carbocycles. The number of carbonyl (C=O) groups is 1. The Kier molecular flexibility index (Phi) is 8.03. The molecule has 0 spiro atoms. The number of amides is 1. The van der Waals surface area contributed by atoms with Crippen LogP contribution in [0.1, 0.15) is 17.7 Å². The SMILES string of the molecule is Cc1cnc(N2CCN(C(=O)[C@@H]3CC[C@H](CN)O3)CC2)s1.Cl.Cl. The highest BCUT2D eigenvalue weighted by Gasteiger charge is 2.34. The van der Waals surface area contributed by atoms with Gasteiger partial charge in [-0.15, -0.1) is 36.2 Å². The fourth-order valence-electron chi connectivity index (χ4n) is 2.87. The van der Waals surface area contributed by atoms with Crippen LogP contribution < -0.4 is 10.6 Å². The lowest BCUT2D eigenvalue weighted by molar-refractivity contribution is -0.143. The molecule has 0 aliphatic carbocycles. The van der Waals surface area contributed by atoms with Gasteiger partial charge in [-0.2, -0.15) is 0 Å². The maximum absolute atomic E-state index is 12.4. The predicted octanol–water partition coefficient (Wildman–Crippen LogP) is 1.45. The first-order valence-corrected chi connectivity index (χ1v) is 8.30. The van der Waals surface area contributed by atoms with Gasteiger partial charge in [0.1, 0.15) is 6.10 Å². The normalized spacial score (nSPS) is 24.1. The van der Waals surface area contributed by atoms with E-state index in [2.05, 4.69) is 16.8 Å². The van der Waals surface area contributed by atoms with Crippen LogP contribution in [0.3, 0.4) is 0 Å². The number of halogens is 2. The molecule has 2 fully saturated rings. The van der Waals surface area contributed by atoms with Crippen molar-refractivity contribution in [3.63, 3.8) is 0 Å². The molecule has 0 radical (unpaired) electrons. The van der Waals surface area contributed by atoms with Gasteiger partial charge in [0.25, 0.3) is 5.91 Å². The number of hydrogen-bond donors (Lipinski definition) is 1. The number of thiazole rings is 1. The van der Waals surface area contributed by atoms with Crippen molar-refractivity contribution in [2.75, 3.05) is 37.6 Å². The minimum atomic E-state index is -0.285. The largest absolute Gasteiger partial charge is 0.364 e. The second-order valence-electron chi connectivity index (χ2n) is 5.63. The second kappa shape index (κ2) is 9.03. The van der Waals surface area contributed by atoms with Crippen molar-refractivity contribution in [3.8, 4) is 0 Å². The van der Waals surface area contributed by atoms with Crippen molar-refractivity contribution in [3.05, 3.63) is 11.1 Å². The maximum Gasteiger partial charge on any atom is 0.251 e. The molecule has 0 unspecified atom stereocenters. The Morgan fingerprint density at radius 1 is 1.35 bits per heavy atom. The quantitative estimate of drug-likeness (QED) is 0.856. The summed E-state index contributed by atoms with van der Waals surface area (Å²) in [5, 5.41) is 1.06. The number of aryl methyl sites for hydroxylation is 1. The average Bonchev–Trinajstić information content (AvgIpc) is 3.15. The standard InChI is InChI=1S/C14H22N4O2S.2ClH/c1-10-9-16-14(21-10)18-6-4-17(5-7-18)13(19)12-3-2-11(8-15)20-12;;/h9,11-12H,2-8,15H2,1H3;2*1H/t11-,12+;;/m1../s1. The predicted molar refractivity (Wildman–Crippen MR) is 97.1 cm³/mol. The molecule has 0 aromatic carbocycles. The molecule has 3 rings (SSSR count).